The molecule has 3 heterocycles. The molecular formula is C20H25N9O8. The van der Waals surface area contributed by atoms with Gasteiger partial charge in [0.2, 0.25) is 5.82 Å². The van der Waals surface area contributed by atoms with Gasteiger partial charge in [0.25, 0.3) is 5.69 Å². The van der Waals surface area contributed by atoms with Gasteiger partial charge in [0.1, 0.15) is 12.2 Å². The number of hydrogen-bond donors (Lipinski definition) is 1. The van der Waals surface area contributed by atoms with Crippen LogP contribution in [-0.2, 0) is 16.0 Å². The molecule has 0 saturated carbocycles. The molecule has 1 aromatic heterocycles. The average molecular weight is 519 g/mol. The first-order valence-electron chi connectivity index (χ1n) is 11.4. The van der Waals surface area contributed by atoms with Crippen LogP contribution >= 0.6 is 0 Å². The Morgan fingerprint density at radius 3 is 2.24 bits per heavy atom. The van der Waals surface area contributed by atoms with Gasteiger partial charge < -0.3 is 24.5 Å². The zero-order valence-electron chi connectivity index (χ0n) is 19.7. The smallest absolute Gasteiger partial charge is 0.367 e. The van der Waals surface area contributed by atoms with Gasteiger partial charge in [-0.2, -0.15) is 10.1 Å². The van der Waals surface area contributed by atoms with Crippen LogP contribution in [0.1, 0.15) is 0 Å². The average Bonchev–Trinajstić information content (AvgIpc) is 3.32. The van der Waals surface area contributed by atoms with E-state index in [0.717, 1.165) is 12.1 Å². The van der Waals surface area contributed by atoms with Crippen LogP contribution in [-0.4, -0.2) is 94.1 Å². The lowest BCUT2D eigenvalue weighted by Gasteiger charge is -2.27. The van der Waals surface area contributed by atoms with E-state index in [1.54, 1.807) is 4.90 Å². The summed E-state index contributed by atoms with van der Waals surface area (Å²) in [5.74, 6) is 0.0379. The summed E-state index contributed by atoms with van der Waals surface area (Å²) in [4.78, 5) is 40.6. The van der Waals surface area contributed by atoms with Crippen molar-refractivity contribution in [3.63, 3.8) is 0 Å². The molecule has 0 unspecified atom stereocenters. The van der Waals surface area contributed by atoms with E-state index in [-0.39, 0.29) is 23.9 Å². The number of imidazole rings is 1. The van der Waals surface area contributed by atoms with E-state index in [1.807, 2.05) is 4.90 Å². The molecular weight excluding hydrogens is 494 g/mol. The minimum atomic E-state index is -0.748. The molecule has 2 aliphatic heterocycles. The molecule has 1 aromatic carbocycles. The minimum Gasteiger partial charge on any atom is -0.379 e. The summed E-state index contributed by atoms with van der Waals surface area (Å²) in [6.07, 6.45) is 1.37. The quantitative estimate of drug-likeness (QED) is 0.268. The van der Waals surface area contributed by atoms with Gasteiger partial charge in [-0.1, -0.05) is 0 Å². The van der Waals surface area contributed by atoms with Gasteiger partial charge in [0, 0.05) is 38.8 Å². The van der Waals surface area contributed by atoms with E-state index >= 15 is 0 Å². The molecule has 2 fully saturated rings. The third kappa shape index (κ3) is 6.32. The van der Waals surface area contributed by atoms with Crippen molar-refractivity contribution in [3.8, 4) is 0 Å². The number of nitrogens with one attached hydrogen (secondary N) is 1. The standard InChI is InChI=1S/C20H25N9O8/c30-27(31)16-1-2-17(18(11-16)28(32)33)23-22-15(12-24-3-7-36-8-4-24)13-26-14-21-19(20(26)29(34)35)25-5-9-37-10-6-25/h1-2,11,14,23H,3-10,12-13H2/b22-15+. The van der Waals surface area contributed by atoms with Crippen molar-refractivity contribution in [2.75, 3.05) is 69.5 Å². The van der Waals surface area contributed by atoms with Gasteiger partial charge >= 0.3 is 11.5 Å². The molecule has 37 heavy (non-hydrogen) atoms. The van der Waals surface area contributed by atoms with Gasteiger partial charge in [-0.05, 0) is 11.0 Å². The van der Waals surface area contributed by atoms with E-state index in [2.05, 4.69) is 15.5 Å². The molecule has 0 bridgehead atoms. The number of nitro groups is 3. The topological polar surface area (TPSA) is 197 Å². The predicted molar refractivity (Wildman–Crippen MR) is 130 cm³/mol. The number of nitrogens with zero attached hydrogens (tertiary/aromatic N) is 8. The maximum Gasteiger partial charge on any atom is 0.367 e. The third-order valence-electron chi connectivity index (χ3n) is 5.86. The van der Waals surface area contributed by atoms with E-state index in [9.17, 15) is 30.3 Å². The Morgan fingerprint density at radius 1 is 0.946 bits per heavy atom. The highest BCUT2D eigenvalue weighted by atomic mass is 16.6. The van der Waals surface area contributed by atoms with Crippen LogP contribution in [0.5, 0.6) is 0 Å². The molecule has 2 aromatic rings. The highest BCUT2D eigenvalue weighted by Crippen LogP contribution is 2.30. The van der Waals surface area contributed by atoms with Crippen LogP contribution in [0, 0.1) is 30.3 Å². The molecule has 1 N–H and O–H groups in total. The number of aromatic nitrogens is 2. The van der Waals surface area contributed by atoms with E-state index in [0.29, 0.717) is 64.9 Å². The van der Waals surface area contributed by atoms with Crippen molar-refractivity contribution in [1.82, 2.24) is 14.5 Å². The lowest BCUT2D eigenvalue weighted by atomic mass is 10.2. The molecule has 2 saturated heterocycles. The van der Waals surface area contributed by atoms with Crippen LogP contribution in [0.4, 0.5) is 28.7 Å². The number of hydrogen-bond acceptors (Lipinski definition) is 13. The number of morpholine rings is 2. The van der Waals surface area contributed by atoms with Gasteiger partial charge in [0.15, 0.2) is 6.33 Å². The van der Waals surface area contributed by atoms with Crippen molar-refractivity contribution < 1.29 is 24.2 Å². The Bertz CT molecular complexity index is 1190. The van der Waals surface area contributed by atoms with Crippen LogP contribution in [0.2, 0.25) is 0 Å². The Balaban J connectivity index is 1.63. The highest BCUT2D eigenvalue weighted by molar-refractivity contribution is 5.87. The van der Waals surface area contributed by atoms with Gasteiger partial charge in [-0.15, -0.1) is 0 Å². The van der Waals surface area contributed by atoms with Crippen LogP contribution in [0.25, 0.3) is 0 Å². The summed E-state index contributed by atoms with van der Waals surface area (Å²) >= 11 is 0. The summed E-state index contributed by atoms with van der Waals surface area (Å²) in [6.45, 7) is 4.36. The zero-order chi connectivity index (χ0) is 26.4. The molecule has 0 aliphatic carbocycles. The number of nitro benzene ring substituents is 2. The maximum atomic E-state index is 12.0. The Hall–Kier alpha value is -4.22. The summed E-state index contributed by atoms with van der Waals surface area (Å²) in [7, 11) is 0. The summed E-state index contributed by atoms with van der Waals surface area (Å²) in [5.41, 5.74) is 2.05. The molecule has 0 amide bonds. The maximum absolute atomic E-state index is 12.0. The molecule has 198 valence electrons. The van der Waals surface area contributed by atoms with Gasteiger partial charge in [-0.3, -0.25) is 30.6 Å². The Kier molecular flexibility index (Phi) is 8.16. The lowest BCUT2D eigenvalue weighted by Crippen LogP contribution is -2.40. The number of benzene rings is 1. The van der Waals surface area contributed by atoms with Gasteiger partial charge in [-0.25, -0.2) is 4.57 Å². The fraction of sp³-hybridized carbons (Fsp3) is 0.500. The number of non-ortho nitro benzene ring substituents is 1. The van der Waals surface area contributed by atoms with E-state index in [4.69, 9.17) is 9.47 Å². The van der Waals surface area contributed by atoms with Crippen molar-refractivity contribution >= 4 is 34.4 Å². The largest absolute Gasteiger partial charge is 0.379 e. The monoisotopic (exact) mass is 519 g/mol. The molecule has 17 heteroatoms. The number of hydrazone groups is 1. The second-order valence-electron chi connectivity index (χ2n) is 8.27. The number of rotatable bonds is 10. The van der Waals surface area contributed by atoms with Crippen molar-refractivity contribution in [1.29, 1.82) is 0 Å². The second kappa shape index (κ2) is 11.7. The third-order valence-corrected chi connectivity index (χ3v) is 5.86. The normalized spacial score (nSPS) is 17.0. The Morgan fingerprint density at radius 2 is 1.62 bits per heavy atom. The SMILES string of the molecule is O=[N+]([O-])c1ccc(N/N=C(\CN2CCOCC2)Cn2cnc(N3CCOCC3)c2[N+](=O)[O-])c([N+](=O)[O-])c1. The summed E-state index contributed by atoms with van der Waals surface area (Å²) < 4.78 is 12.1. The van der Waals surface area contributed by atoms with E-state index in [1.165, 1.54) is 17.0 Å². The molecule has 0 radical (unpaired) electrons. The first-order valence-corrected chi connectivity index (χ1v) is 11.4. The first kappa shape index (κ1) is 25.9. The molecule has 4 rings (SSSR count). The van der Waals surface area contributed by atoms with Crippen LogP contribution in [0.3, 0.4) is 0 Å². The van der Waals surface area contributed by atoms with Crippen molar-refractivity contribution in [2.24, 2.45) is 5.10 Å². The van der Waals surface area contributed by atoms with Crippen LogP contribution < -0.4 is 10.3 Å². The molecule has 17 nitrogen and oxygen atoms in total. The summed E-state index contributed by atoms with van der Waals surface area (Å²) in [5, 5.41) is 38.8. The van der Waals surface area contributed by atoms with Crippen molar-refractivity contribution in [2.45, 2.75) is 6.54 Å². The zero-order valence-corrected chi connectivity index (χ0v) is 19.7. The lowest BCUT2D eigenvalue weighted by molar-refractivity contribution is -0.393. The summed E-state index contributed by atoms with van der Waals surface area (Å²) in [6, 6.07) is 3.17. The number of anilines is 2. The van der Waals surface area contributed by atoms with E-state index < -0.39 is 26.1 Å². The predicted octanol–water partition coefficient (Wildman–Crippen LogP) is 1.24. The van der Waals surface area contributed by atoms with Crippen LogP contribution in [0.15, 0.2) is 29.6 Å². The molecule has 0 spiro atoms. The fourth-order valence-corrected chi connectivity index (χ4v) is 4.02. The molecule has 2 aliphatic rings. The highest BCUT2D eigenvalue weighted by Gasteiger charge is 2.29. The second-order valence-corrected chi connectivity index (χ2v) is 8.27. The Labute approximate surface area is 209 Å². The number of ether oxygens (including phenoxy) is 2. The minimum absolute atomic E-state index is 0.0151. The van der Waals surface area contributed by atoms with Crippen molar-refractivity contribution in [3.05, 3.63) is 54.9 Å². The first-order chi connectivity index (χ1) is 17.8. The van der Waals surface area contributed by atoms with Gasteiger partial charge in [0.05, 0.1) is 48.1 Å². The fourth-order valence-electron chi connectivity index (χ4n) is 4.02. The molecule has 0 atom stereocenters.